The van der Waals surface area contributed by atoms with Gasteiger partial charge in [0.25, 0.3) is 0 Å². The SMILES string of the molecule is CCC(=O)c1[nH]c2ccccc2c1CC. The van der Waals surface area contributed by atoms with Crippen LogP contribution in [-0.2, 0) is 6.42 Å². The Morgan fingerprint density at radius 2 is 2.00 bits per heavy atom. The van der Waals surface area contributed by atoms with Crippen LogP contribution in [0.3, 0.4) is 0 Å². The Bertz CT molecular complexity index is 496. The zero-order chi connectivity index (χ0) is 10.8. The lowest BCUT2D eigenvalue weighted by Gasteiger charge is -1.98. The summed E-state index contributed by atoms with van der Waals surface area (Å²) in [7, 11) is 0. The van der Waals surface area contributed by atoms with Gasteiger partial charge in [0.2, 0.25) is 0 Å². The summed E-state index contributed by atoms with van der Waals surface area (Å²) < 4.78 is 0. The Labute approximate surface area is 89.3 Å². The Kier molecular flexibility index (Phi) is 2.58. The van der Waals surface area contributed by atoms with E-state index in [9.17, 15) is 4.79 Å². The van der Waals surface area contributed by atoms with E-state index in [4.69, 9.17) is 0 Å². The van der Waals surface area contributed by atoms with Crippen molar-refractivity contribution in [1.82, 2.24) is 4.98 Å². The fourth-order valence-electron chi connectivity index (χ4n) is 1.98. The zero-order valence-electron chi connectivity index (χ0n) is 9.13. The molecule has 2 rings (SSSR count). The van der Waals surface area contributed by atoms with Crippen molar-refractivity contribution in [2.45, 2.75) is 26.7 Å². The van der Waals surface area contributed by atoms with E-state index in [1.165, 1.54) is 5.39 Å². The molecule has 1 aromatic carbocycles. The average Bonchev–Trinajstić information content (AvgIpc) is 2.66. The molecule has 2 nitrogen and oxygen atoms in total. The van der Waals surface area contributed by atoms with Gasteiger partial charge in [0.05, 0.1) is 5.69 Å². The number of ketones is 1. The van der Waals surface area contributed by atoms with Crippen molar-refractivity contribution in [3.63, 3.8) is 0 Å². The largest absolute Gasteiger partial charge is 0.352 e. The molecule has 0 aliphatic rings. The fraction of sp³-hybridized carbons (Fsp3) is 0.308. The quantitative estimate of drug-likeness (QED) is 0.759. The summed E-state index contributed by atoms with van der Waals surface area (Å²) in [4.78, 5) is 14.9. The van der Waals surface area contributed by atoms with Crippen molar-refractivity contribution in [2.24, 2.45) is 0 Å². The van der Waals surface area contributed by atoms with Gasteiger partial charge < -0.3 is 4.98 Å². The smallest absolute Gasteiger partial charge is 0.179 e. The summed E-state index contributed by atoms with van der Waals surface area (Å²) >= 11 is 0. The number of carbonyl (C=O) groups excluding carboxylic acids is 1. The molecule has 0 aliphatic heterocycles. The van der Waals surface area contributed by atoms with Gasteiger partial charge in [-0.15, -0.1) is 0 Å². The molecular formula is C13H15NO. The highest BCUT2D eigenvalue weighted by atomic mass is 16.1. The maximum Gasteiger partial charge on any atom is 0.179 e. The molecule has 0 spiro atoms. The molecule has 1 aromatic heterocycles. The zero-order valence-corrected chi connectivity index (χ0v) is 9.13. The molecule has 2 heteroatoms. The number of carbonyl (C=O) groups is 1. The molecule has 0 fully saturated rings. The van der Waals surface area contributed by atoms with E-state index in [2.05, 4.69) is 18.0 Å². The van der Waals surface area contributed by atoms with Crippen LogP contribution in [-0.4, -0.2) is 10.8 Å². The highest BCUT2D eigenvalue weighted by molar-refractivity contribution is 6.02. The van der Waals surface area contributed by atoms with Crippen molar-refractivity contribution >= 4 is 16.7 Å². The van der Waals surface area contributed by atoms with E-state index in [-0.39, 0.29) is 5.78 Å². The summed E-state index contributed by atoms with van der Waals surface area (Å²) in [6, 6.07) is 8.08. The molecule has 0 bridgehead atoms. The third kappa shape index (κ3) is 1.56. The van der Waals surface area contributed by atoms with Crippen LogP contribution in [0, 0.1) is 0 Å². The fourth-order valence-corrected chi connectivity index (χ4v) is 1.98. The number of rotatable bonds is 3. The number of hydrogen-bond donors (Lipinski definition) is 1. The van der Waals surface area contributed by atoms with E-state index in [0.29, 0.717) is 6.42 Å². The number of benzene rings is 1. The molecule has 0 radical (unpaired) electrons. The number of aryl methyl sites for hydroxylation is 1. The second-order valence-corrected chi connectivity index (χ2v) is 3.65. The van der Waals surface area contributed by atoms with E-state index < -0.39 is 0 Å². The van der Waals surface area contributed by atoms with Crippen LogP contribution >= 0.6 is 0 Å². The van der Waals surface area contributed by atoms with E-state index >= 15 is 0 Å². The predicted molar refractivity (Wildman–Crippen MR) is 62.3 cm³/mol. The molecule has 78 valence electrons. The molecule has 2 aromatic rings. The van der Waals surface area contributed by atoms with Crippen LogP contribution in [0.4, 0.5) is 0 Å². The first-order valence-corrected chi connectivity index (χ1v) is 5.40. The number of para-hydroxylation sites is 1. The van der Waals surface area contributed by atoms with E-state index in [0.717, 1.165) is 23.2 Å². The Hall–Kier alpha value is -1.57. The number of aromatic nitrogens is 1. The van der Waals surface area contributed by atoms with Gasteiger partial charge in [-0.05, 0) is 18.1 Å². The number of hydrogen-bond acceptors (Lipinski definition) is 1. The highest BCUT2D eigenvalue weighted by Gasteiger charge is 2.14. The molecule has 15 heavy (non-hydrogen) atoms. The molecule has 0 unspecified atom stereocenters. The van der Waals surface area contributed by atoms with Crippen molar-refractivity contribution in [1.29, 1.82) is 0 Å². The first kappa shape index (κ1) is 9.97. The number of nitrogens with one attached hydrogen (secondary N) is 1. The first-order chi connectivity index (χ1) is 7.27. The number of H-pyrrole nitrogens is 1. The third-order valence-electron chi connectivity index (χ3n) is 2.77. The topological polar surface area (TPSA) is 32.9 Å². The first-order valence-electron chi connectivity index (χ1n) is 5.40. The summed E-state index contributed by atoms with van der Waals surface area (Å²) in [6.07, 6.45) is 1.45. The minimum atomic E-state index is 0.197. The summed E-state index contributed by atoms with van der Waals surface area (Å²) in [5, 5.41) is 1.18. The van der Waals surface area contributed by atoms with Gasteiger partial charge in [0.15, 0.2) is 5.78 Å². The standard InChI is InChI=1S/C13H15NO/c1-3-9-10-7-5-6-8-11(10)14-13(9)12(15)4-2/h5-8,14H,3-4H2,1-2H3. The normalized spacial score (nSPS) is 10.8. The second kappa shape index (κ2) is 3.89. The third-order valence-corrected chi connectivity index (χ3v) is 2.77. The molecule has 0 atom stereocenters. The minimum absolute atomic E-state index is 0.197. The molecule has 1 N–H and O–H groups in total. The number of Topliss-reactive ketones (excluding diaryl/α,β-unsaturated/α-hetero) is 1. The lowest BCUT2D eigenvalue weighted by Crippen LogP contribution is -2.00. The van der Waals surface area contributed by atoms with Crippen molar-refractivity contribution in [3.05, 3.63) is 35.5 Å². The maximum atomic E-state index is 11.7. The van der Waals surface area contributed by atoms with Gasteiger partial charge >= 0.3 is 0 Å². The van der Waals surface area contributed by atoms with E-state index in [1.807, 2.05) is 25.1 Å². The molecule has 0 saturated heterocycles. The van der Waals surface area contributed by atoms with Gasteiger partial charge in [-0.2, -0.15) is 0 Å². The predicted octanol–water partition coefficient (Wildman–Crippen LogP) is 3.32. The second-order valence-electron chi connectivity index (χ2n) is 3.65. The van der Waals surface area contributed by atoms with Crippen LogP contribution < -0.4 is 0 Å². The Balaban J connectivity index is 2.69. The van der Waals surface area contributed by atoms with Crippen LogP contribution in [0.15, 0.2) is 24.3 Å². The molecule has 0 saturated carbocycles. The molecule has 0 amide bonds. The van der Waals surface area contributed by atoms with E-state index in [1.54, 1.807) is 0 Å². The average molecular weight is 201 g/mol. The van der Waals surface area contributed by atoms with Crippen LogP contribution in [0.25, 0.3) is 10.9 Å². The summed E-state index contributed by atoms with van der Waals surface area (Å²) in [5.41, 5.74) is 3.00. The lowest BCUT2D eigenvalue weighted by atomic mass is 10.1. The highest BCUT2D eigenvalue weighted by Crippen LogP contribution is 2.23. The number of fused-ring (bicyclic) bond motifs is 1. The van der Waals surface area contributed by atoms with Crippen LogP contribution in [0.2, 0.25) is 0 Å². The molecular weight excluding hydrogens is 186 g/mol. The molecule has 0 aliphatic carbocycles. The van der Waals surface area contributed by atoms with Gasteiger partial charge in [-0.25, -0.2) is 0 Å². The van der Waals surface area contributed by atoms with Crippen molar-refractivity contribution in [3.8, 4) is 0 Å². The van der Waals surface area contributed by atoms with Crippen molar-refractivity contribution < 1.29 is 4.79 Å². The summed E-state index contributed by atoms with van der Waals surface area (Å²) in [6.45, 7) is 3.98. The lowest BCUT2D eigenvalue weighted by molar-refractivity contribution is 0.0983. The summed E-state index contributed by atoms with van der Waals surface area (Å²) in [5.74, 6) is 0.197. The Morgan fingerprint density at radius 1 is 1.27 bits per heavy atom. The monoisotopic (exact) mass is 201 g/mol. The molecule has 1 heterocycles. The van der Waals surface area contributed by atoms with Gasteiger partial charge in [0, 0.05) is 17.3 Å². The maximum absolute atomic E-state index is 11.7. The Morgan fingerprint density at radius 3 is 2.67 bits per heavy atom. The van der Waals surface area contributed by atoms with Gasteiger partial charge in [-0.1, -0.05) is 32.0 Å². The minimum Gasteiger partial charge on any atom is -0.352 e. The number of aromatic amines is 1. The van der Waals surface area contributed by atoms with Crippen molar-refractivity contribution in [2.75, 3.05) is 0 Å². The van der Waals surface area contributed by atoms with Crippen LogP contribution in [0.1, 0.15) is 36.3 Å². The van der Waals surface area contributed by atoms with Crippen LogP contribution in [0.5, 0.6) is 0 Å². The van der Waals surface area contributed by atoms with Gasteiger partial charge in [-0.3, -0.25) is 4.79 Å². The van der Waals surface area contributed by atoms with Gasteiger partial charge in [0.1, 0.15) is 0 Å².